The molecule has 1 unspecified atom stereocenters. The van der Waals surface area contributed by atoms with Gasteiger partial charge in [-0.2, -0.15) is 5.10 Å². The number of primary amides is 1. The summed E-state index contributed by atoms with van der Waals surface area (Å²) in [5.41, 5.74) is 8.21. The molecule has 0 radical (unpaired) electrons. The van der Waals surface area contributed by atoms with E-state index in [9.17, 15) is 4.79 Å². The molecular formula is C27H33N7O2. The number of benzene rings is 2. The van der Waals surface area contributed by atoms with E-state index in [1.54, 1.807) is 4.68 Å². The monoisotopic (exact) mass is 487 g/mol. The molecule has 1 saturated heterocycles. The number of aryl methyl sites for hydroxylation is 1. The van der Waals surface area contributed by atoms with Crippen LogP contribution in [0.3, 0.4) is 0 Å². The van der Waals surface area contributed by atoms with Crippen LogP contribution >= 0.6 is 0 Å². The minimum atomic E-state index is -0.636. The maximum atomic E-state index is 11.1. The van der Waals surface area contributed by atoms with Gasteiger partial charge in [0.15, 0.2) is 0 Å². The van der Waals surface area contributed by atoms with Crippen molar-refractivity contribution in [1.29, 1.82) is 0 Å². The molecule has 0 bridgehead atoms. The molecule has 188 valence electrons. The molecule has 0 aliphatic carbocycles. The van der Waals surface area contributed by atoms with Gasteiger partial charge in [-0.25, -0.2) is 9.48 Å². The molecule has 3 heterocycles. The van der Waals surface area contributed by atoms with Crippen LogP contribution in [0.15, 0.2) is 72.9 Å². The first-order valence-electron chi connectivity index (χ1n) is 12.1. The molecule has 36 heavy (non-hydrogen) atoms. The standard InChI is InChI=1S/C14H17N3.C13H16N4O2/c1-16-14(7-9-15-16)17-10-8-13(11-17)12-5-3-2-4-6-12;1-3-19-12-9(2)11(15-13(14)18)17(16-12)10-7-5-4-6-8-10/h2-7,9,13H,8,10-11H2,1H3;4-8H,3H2,1-2H3,(H3,14,15,18). The highest BCUT2D eigenvalue weighted by atomic mass is 16.5. The van der Waals surface area contributed by atoms with Gasteiger partial charge < -0.3 is 15.4 Å². The molecule has 9 nitrogen and oxygen atoms in total. The summed E-state index contributed by atoms with van der Waals surface area (Å²) < 4.78 is 8.99. The van der Waals surface area contributed by atoms with Crippen molar-refractivity contribution >= 4 is 17.7 Å². The molecule has 3 N–H and O–H groups in total. The number of amides is 2. The number of hydrogen-bond donors (Lipinski definition) is 2. The zero-order chi connectivity index (χ0) is 25.5. The van der Waals surface area contributed by atoms with Crippen LogP contribution in [0.5, 0.6) is 5.88 Å². The zero-order valence-corrected chi connectivity index (χ0v) is 21.0. The van der Waals surface area contributed by atoms with Gasteiger partial charge in [0.25, 0.3) is 0 Å². The van der Waals surface area contributed by atoms with E-state index in [0.29, 0.717) is 24.2 Å². The highest BCUT2D eigenvalue weighted by Gasteiger charge is 2.25. The van der Waals surface area contributed by atoms with E-state index < -0.39 is 6.03 Å². The Morgan fingerprint density at radius 3 is 2.42 bits per heavy atom. The second-order valence-corrected chi connectivity index (χ2v) is 8.60. The van der Waals surface area contributed by atoms with Crippen LogP contribution in [0.4, 0.5) is 16.4 Å². The Hall–Kier alpha value is -4.27. The van der Waals surface area contributed by atoms with Crippen LogP contribution < -0.4 is 20.7 Å². The van der Waals surface area contributed by atoms with Crippen LogP contribution in [0.1, 0.15) is 30.4 Å². The molecule has 0 spiro atoms. The summed E-state index contributed by atoms with van der Waals surface area (Å²) in [7, 11) is 2.01. The molecule has 2 aromatic carbocycles. The molecule has 1 aliphatic heterocycles. The number of anilines is 2. The van der Waals surface area contributed by atoms with E-state index in [2.05, 4.69) is 56.8 Å². The van der Waals surface area contributed by atoms with Crippen LogP contribution in [0, 0.1) is 6.92 Å². The molecule has 0 saturated carbocycles. The van der Waals surface area contributed by atoms with Crippen molar-refractivity contribution in [2.24, 2.45) is 12.8 Å². The van der Waals surface area contributed by atoms with Crippen LogP contribution in [0.2, 0.25) is 0 Å². The van der Waals surface area contributed by atoms with Crippen LogP contribution in [0.25, 0.3) is 5.69 Å². The van der Waals surface area contributed by atoms with Crippen molar-refractivity contribution in [3.63, 3.8) is 0 Å². The third-order valence-electron chi connectivity index (χ3n) is 6.18. The van der Waals surface area contributed by atoms with Crippen LogP contribution in [-0.2, 0) is 7.05 Å². The lowest BCUT2D eigenvalue weighted by molar-refractivity contribution is 0.259. The average Bonchev–Trinajstić information content (AvgIpc) is 3.61. The molecule has 1 fully saturated rings. The Balaban J connectivity index is 0.000000170. The SMILES string of the molecule is CCOc1nn(-c2ccccc2)c(NC(N)=O)c1C.Cn1nccc1N1CCC(c2ccccc2)C1. The number of hydrogen-bond acceptors (Lipinski definition) is 5. The van der Waals surface area contributed by atoms with E-state index in [4.69, 9.17) is 10.5 Å². The van der Waals surface area contributed by atoms with E-state index in [1.807, 2.05) is 62.1 Å². The van der Waals surface area contributed by atoms with Gasteiger partial charge in [-0.05, 0) is 38.0 Å². The molecule has 5 rings (SSSR count). The first-order valence-corrected chi connectivity index (χ1v) is 12.1. The number of ether oxygens (including phenoxy) is 1. The third kappa shape index (κ3) is 5.68. The molecule has 1 atom stereocenters. The molecule has 2 aromatic heterocycles. The molecular weight excluding hydrogens is 454 g/mol. The van der Waals surface area contributed by atoms with E-state index in [1.165, 1.54) is 17.8 Å². The summed E-state index contributed by atoms with van der Waals surface area (Å²) >= 11 is 0. The largest absolute Gasteiger partial charge is 0.477 e. The van der Waals surface area contributed by atoms with Gasteiger partial charge >= 0.3 is 6.03 Å². The number of rotatable bonds is 6. The Bertz CT molecular complexity index is 1270. The lowest BCUT2D eigenvalue weighted by atomic mass is 9.99. The maximum absolute atomic E-state index is 11.1. The Kier molecular flexibility index (Phi) is 7.89. The predicted molar refractivity (Wildman–Crippen MR) is 142 cm³/mol. The number of nitrogens with zero attached hydrogens (tertiary/aromatic N) is 5. The smallest absolute Gasteiger partial charge is 0.317 e. The minimum Gasteiger partial charge on any atom is -0.477 e. The van der Waals surface area contributed by atoms with Crippen molar-refractivity contribution in [3.8, 4) is 11.6 Å². The maximum Gasteiger partial charge on any atom is 0.317 e. The Morgan fingerprint density at radius 1 is 1.11 bits per heavy atom. The Morgan fingerprint density at radius 2 is 1.81 bits per heavy atom. The highest BCUT2D eigenvalue weighted by Crippen LogP contribution is 2.30. The fraction of sp³-hybridized carbons (Fsp3) is 0.296. The predicted octanol–water partition coefficient (Wildman–Crippen LogP) is 4.48. The van der Waals surface area contributed by atoms with Crippen LogP contribution in [-0.4, -0.2) is 45.3 Å². The van der Waals surface area contributed by atoms with Gasteiger partial charge in [0.2, 0.25) is 5.88 Å². The fourth-order valence-electron chi connectivity index (χ4n) is 4.41. The summed E-state index contributed by atoms with van der Waals surface area (Å²) in [4.78, 5) is 13.5. The van der Waals surface area contributed by atoms with E-state index >= 15 is 0 Å². The molecule has 1 aliphatic rings. The highest BCUT2D eigenvalue weighted by molar-refractivity contribution is 5.88. The summed E-state index contributed by atoms with van der Waals surface area (Å²) in [6, 6.07) is 21.7. The van der Waals surface area contributed by atoms with Gasteiger partial charge in [0.1, 0.15) is 11.6 Å². The number of aromatic nitrogens is 4. The van der Waals surface area contributed by atoms with E-state index in [0.717, 1.165) is 24.3 Å². The first-order chi connectivity index (χ1) is 17.5. The third-order valence-corrected chi connectivity index (χ3v) is 6.18. The second kappa shape index (κ2) is 11.4. The van der Waals surface area contributed by atoms with Gasteiger partial charge in [0, 0.05) is 32.1 Å². The minimum absolute atomic E-state index is 0.482. The van der Waals surface area contributed by atoms with Crippen molar-refractivity contribution < 1.29 is 9.53 Å². The quantitative estimate of drug-likeness (QED) is 0.417. The first kappa shape index (κ1) is 24.8. The number of carbonyl (C=O) groups excluding carboxylic acids is 1. The van der Waals surface area contributed by atoms with Gasteiger partial charge in [0.05, 0.1) is 24.1 Å². The molecule has 2 amide bonds. The summed E-state index contributed by atoms with van der Waals surface area (Å²) in [5.74, 6) is 2.88. The van der Waals surface area contributed by atoms with Crippen molar-refractivity contribution in [1.82, 2.24) is 19.6 Å². The number of nitrogens with one attached hydrogen (secondary N) is 1. The average molecular weight is 488 g/mol. The summed E-state index contributed by atoms with van der Waals surface area (Å²) in [6.07, 6.45) is 3.10. The summed E-state index contributed by atoms with van der Waals surface area (Å²) in [6.45, 7) is 6.43. The fourth-order valence-corrected chi connectivity index (χ4v) is 4.41. The molecule has 9 heteroatoms. The topological polar surface area (TPSA) is 103 Å². The molecule has 4 aromatic rings. The van der Waals surface area contributed by atoms with Gasteiger partial charge in [-0.15, -0.1) is 5.10 Å². The van der Waals surface area contributed by atoms with E-state index in [-0.39, 0.29) is 0 Å². The van der Waals surface area contributed by atoms with Crippen molar-refractivity contribution in [3.05, 3.63) is 84.1 Å². The Labute approximate surface area is 211 Å². The second-order valence-electron chi connectivity index (χ2n) is 8.60. The zero-order valence-electron chi connectivity index (χ0n) is 21.0. The lowest BCUT2D eigenvalue weighted by Gasteiger charge is -2.18. The number of para-hydroxylation sites is 1. The van der Waals surface area contributed by atoms with Gasteiger partial charge in [-0.1, -0.05) is 48.5 Å². The summed E-state index contributed by atoms with van der Waals surface area (Å²) in [5, 5.41) is 11.2. The van der Waals surface area contributed by atoms with Gasteiger partial charge in [-0.3, -0.25) is 10.00 Å². The van der Waals surface area contributed by atoms with Crippen molar-refractivity contribution in [2.75, 3.05) is 29.9 Å². The normalized spacial score (nSPS) is 14.8. The lowest BCUT2D eigenvalue weighted by Crippen LogP contribution is -2.21. The number of urea groups is 1. The van der Waals surface area contributed by atoms with Crippen molar-refractivity contribution in [2.45, 2.75) is 26.2 Å². The number of carbonyl (C=O) groups is 1. The number of nitrogens with two attached hydrogens (primary N) is 1.